The van der Waals surface area contributed by atoms with Crippen LogP contribution in [-0.2, 0) is 0 Å². The molecule has 2 aromatic carbocycles. The fraction of sp³-hybridized carbons (Fsp3) is 0.320. The maximum atomic E-state index is 13.3. The number of nitrogens with one attached hydrogen (secondary N) is 1. The van der Waals surface area contributed by atoms with Crippen LogP contribution in [0.1, 0.15) is 27.5 Å². The molecule has 3 aromatic rings. The van der Waals surface area contributed by atoms with Crippen LogP contribution < -0.4 is 0 Å². The van der Waals surface area contributed by atoms with Gasteiger partial charge in [-0.1, -0.05) is 60.2 Å². The summed E-state index contributed by atoms with van der Waals surface area (Å²) in [5.74, 6) is 0.420. The lowest BCUT2D eigenvalue weighted by molar-refractivity contribution is -0.895. The zero-order chi connectivity index (χ0) is 20.6. The Morgan fingerprint density at radius 1 is 0.931 bits per heavy atom. The number of amides is 1. The first-order chi connectivity index (χ1) is 13.8. The number of rotatable bonds is 4. The number of quaternary nitrogens is 1. The number of hydrogen-bond acceptors (Lipinski definition) is 1. The summed E-state index contributed by atoms with van der Waals surface area (Å²) in [5.41, 5.74) is 5.32. The van der Waals surface area contributed by atoms with E-state index < -0.39 is 0 Å². The molecule has 2 atom stereocenters. The third-order valence-electron chi connectivity index (χ3n) is 6.08. The number of H-pyrrole nitrogens is 1. The van der Waals surface area contributed by atoms with Gasteiger partial charge >= 0.3 is 0 Å². The van der Waals surface area contributed by atoms with Gasteiger partial charge in [-0.05, 0) is 30.2 Å². The highest BCUT2D eigenvalue weighted by atomic mass is 16.2. The molecule has 1 N–H and O–H groups in total. The molecule has 4 nitrogen and oxygen atoms in total. The van der Waals surface area contributed by atoms with Gasteiger partial charge in [-0.2, -0.15) is 0 Å². The van der Waals surface area contributed by atoms with Crippen molar-refractivity contribution in [2.75, 3.05) is 34.2 Å². The lowest BCUT2D eigenvalue weighted by atomic mass is 9.92. The van der Waals surface area contributed by atoms with Crippen molar-refractivity contribution < 1.29 is 9.28 Å². The van der Waals surface area contributed by atoms with Crippen LogP contribution in [0.2, 0.25) is 0 Å². The third kappa shape index (κ3) is 3.99. The van der Waals surface area contributed by atoms with Crippen LogP contribution in [0.15, 0.2) is 66.7 Å². The van der Waals surface area contributed by atoms with Gasteiger partial charge in [-0.25, -0.2) is 0 Å². The summed E-state index contributed by atoms with van der Waals surface area (Å²) in [4.78, 5) is 18.6. The summed E-state index contributed by atoms with van der Waals surface area (Å²) in [6.45, 7) is 3.63. The number of aryl methyl sites for hydroxylation is 1. The van der Waals surface area contributed by atoms with Gasteiger partial charge in [0.2, 0.25) is 0 Å². The standard InChI is InChI=1S/C25H29N3O/c1-18-10-12-19(13-11-18)21-16-27(17-24(21)28(2,3)4)25(29)23-15-14-22(26-23)20-8-6-5-7-9-20/h5-15,21,24H,16-17H2,1-4H3/p+1. The summed E-state index contributed by atoms with van der Waals surface area (Å²) in [6.07, 6.45) is 0. The highest BCUT2D eigenvalue weighted by Gasteiger charge is 2.43. The molecule has 1 saturated heterocycles. The largest absolute Gasteiger partial charge is 0.351 e. The van der Waals surface area contributed by atoms with Gasteiger partial charge in [-0.3, -0.25) is 4.79 Å². The van der Waals surface area contributed by atoms with Crippen molar-refractivity contribution in [2.45, 2.75) is 18.9 Å². The second kappa shape index (κ2) is 7.53. The summed E-state index contributed by atoms with van der Waals surface area (Å²) in [6, 6.07) is 23.2. The smallest absolute Gasteiger partial charge is 0.270 e. The first-order valence-corrected chi connectivity index (χ1v) is 10.2. The van der Waals surface area contributed by atoms with Crippen molar-refractivity contribution in [3.8, 4) is 11.3 Å². The van der Waals surface area contributed by atoms with Crippen molar-refractivity contribution in [3.63, 3.8) is 0 Å². The number of nitrogens with zero attached hydrogens (tertiary/aromatic N) is 2. The van der Waals surface area contributed by atoms with Gasteiger partial charge in [0.05, 0.1) is 33.6 Å². The van der Waals surface area contributed by atoms with E-state index in [1.807, 2.05) is 35.2 Å². The molecule has 4 heteroatoms. The second-order valence-electron chi connectivity index (χ2n) is 9.06. The SMILES string of the molecule is Cc1ccc(C2CN(C(=O)c3ccc(-c4ccccc4)[nH]3)CC2[N+](C)(C)C)cc1. The Bertz CT molecular complexity index is 983. The van der Waals surface area contributed by atoms with Crippen molar-refractivity contribution in [1.29, 1.82) is 0 Å². The van der Waals surface area contributed by atoms with Crippen molar-refractivity contribution in [3.05, 3.63) is 83.6 Å². The first-order valence-electron chi connectivity index (χ1n) is 10.2. The summed E-state index contributed by atoms with van der Waals surface area (Å²) in [7, 11) is 6.67. The van der Waals surface area contributed by atoms with Crippen molar-refractivity contribution in [2.24, 2.45) is 0 Å². The summed E-state index contributed by atoms with van der Waals surface area (Å²) < 4.78 is 0.836. The molecule has 0 saturated carbocycles. The normalized spacial score (nSPS) is 19.5. The van der Waals surface area contributed by atoms with Crippen LogP contribution in [0.5, 0.6) is 0 Å². The Morgan fingerprint density at radius 3 is 2.28 bits per heavy atom. The average molecular weight is 389 g/mol. The number of carbonyl (C=O) groups excluding carboxylic acids is 1. The predicted molar refractivity (Wildman–Crippen MR) is 118 cm³/mol. The molecule has 4 rings (SSSR count). The molecular weight excluding hydrogens is 358 g/mol. The van der Waals surface area contributed by atoms with Crippen LogP contribution >= 0.6 is 0 Å². The Morgan fingerprint density at radius 2 is 1.62 bits per heavy atom. The number of likely N-dealkylation sites (tertiary alicyclic amines) is 1. The minimum Gasteiger partial charge on any atom is -0.351 e. The number of aromatic amines is 1. The third-order valence-corrected chi connectivity index (χ3v) is 6.08. The highest BCUT2D eigenvalue weighted by Crippen LogP contribution is 2.33. The van der Waals surface area contributed by atoms with E-state index in [4.69, 9.17) is 0 Å². The maximum absolute atomic E-state index is 13.3. The van der Waals surface area contributed by atoms with Crippen LogP contribution in [0, 0.1) is 6.92 Å². The van der Waals surface area contributed by atoms with Crippen molar-refractivity contribution in [1.82, 2.24) is 9.88 Å². The van der Waals surface area contributed by atoms with Gasteiger partial charge in [-0.15, -0.1) is 0 Å². The topological polar surface area (TPSA) is 36.1 Å². The Labute approximate surface area is 173 Å². The van der Waals surface area contributed by atoms with E-state index in [0.29, 0.717) is 17.7 Å². The quantitative estimate of drug-likeness (QED) is 0.665. The molecule has 1 amide bonds. The molecule has 29 heavy (non-hydrogen) atoms. The van der Waals surface area contributed by atoms with E-state index in [0.717, 1.165) is 28.8 Å². The summed E-state index contributed by atoms with van der Waals surface area (Å²) >= 11 is 0. The molecule has 1 aliphatic heterocycles. The molecule has 0 bridgehead atoms. The zero-order valence-electron chi connectivity index (χ0n) is 17.7. The monoisotopic (exact) mass is 388 g/mol. The van der Waals surface area contributed by atoms with Gasteiger partial charge in [0.15, 0.2) is 0 Å². The van der Waals surface area contributed by atoms with E-state index >= 15 is 0 Å². The number of likely N-dealkylation sites (N-methyl/N-ethyl adjacent to an activating group) is 1. The number of carbonyl (C=O) groups is 1. The van der Waals surface area contributed by atoms with Crippen LogP contribution in [0.25, 0.3) is 11.3 Å². The fourth-order valence-electron chi connectivity index (χ4n) is 4.35. The molecule has 1 aliphatic rings. The van der Waals surface area contributed by atoms with Crippen LogP contribution in [-0.4, -0.2) is 60.5 Å². The van der Waals surface area contributed by atoms with Crippen LogP contribution in [0.3, 0.4) is 0 Å². The molecule has 0 spiro atoms. The molecule has 0 radical (unpaired) electrons. The number of aromatic nitrogens is 1. The fourth-order valence-corrected chi connectivity index (χ4v) is 4.35. The molecule has 0 aliphatic carbocycles. The van der Waals surface area contributed by atoms with E-state index in [9.17, 15) is 4.79 Å². The van der Waals surface area contributed by atoms with Crippen molar-refractivity contribution >= 4 is 5.91 Å². The minimum absolute atomic E-state index is 0.0836. The predicted octanol–water partition coefficient (Wildman–Crippen LogP) is 4.30. The Kier molecular flexibility index (Phi) is 5.05. The highest BCUT2D eigenvalue weighted by molar-refractivity contribution is 5.93. The molecule has 150 valence electrons. The van der Waals surface area contributed by atoms with E-state index in [1.54, 1.807) is 0 Å². The molecule has 1 fully saturated rings. The molecule has 1 aromatic heterocycles. The maximum Gasteiger partial charge on any atom is 0.270 e. The molecular formula is C25H30N3O+. The minimum atomic E-state index is 0.0836. The average Bonchev–Trinajstić information content (AvgIpc) is 3.36. The van der Waals surface area contributed by atoms with Gasteiger partial charge in [0, 0.05) is 12.2 Å². The van der Waals surface area contributed by atoms with Gasteiger partial charge < -0.3 is 14.4 Å². The Hall–Kier alpha value is -2.85. The van der Waals surface area contributed by atoms with E-state index in [-0.39, 0.29) is 5.91 Å². The van der Waals surface area contributed by atoms with E-state index in [1.165, 1.54) is 11.1 Å². The first kappa shape index (κ1) is 19.5. The lowest BCUT2D eigenvalue weighted by Crippen LogP contribution is -2.49. The van der Waals surface area contributed by atoms with Gasteiger partial charge in [0.25, 0.3) is 5.91 Å². The Balaban J connectivity index is 1.58. The summed E-state index contributed by atoms with van der Waals surface area (Å²) in [5, 5.41) is 0. The molecule has 2 unspecified atom stereocenters. The van der Waals surface area contributed by atoms with Crippen LogP contribution in [0.4, 0.5) is 0 Å². The molecule has 2 heterocycles. The number of benzene rings is 2. The number of hydrogen-bond donors (Lipinski definition) is 1. The zero-order valence-corrected chi connectivity index (χ0v) is 17.7. The van der Waals surface area contributed by atoms with Gasteiger partial charge in [0.1, 0.15) is 11.7 Å². The van der Waals surface area contributed by atoms with E-state index in [2.05, 4.69) is 69.4 Å². The second-order valence-corrected chi connectivity index (χ2v) is 9.06. The lowest BCUT2D eigenvalue weighted by Gasteiger charge is -2.34.